The molecule has 0 aromatic heterocycles. The third-order valence-electron chi connectivity index (χ3n) is 4.43. The van der Waals surface area contributed by atoms with Crippen LogP contribution >= 0.6 is 15.9 Å². The Kier molecular flexibility index (Phi) is 9.28. The minimum Gasteiger partial charge on any atom is -0.493 e. The SMILES string of the molecule is COC(=O)COc1ccc2ccc(OCCCCCCCBr)c(C(C)=O)c2c1. The number of benzene rings is 2. The molecule has 0 heterocycles. The van der Waals surface area contributed by atoms with Crippen molar-refractivity contribution in [2.75, 3.05) is 25.7 Å². The smallest absolute Gasteiger partial charge is 0.343 e. The van der Waals surface area contributed by atoms with Crippen molar-refractivity contribution >= 4 is 38.5 Å². The Morgan fingerprint density at radius 3 is 2.39 bits per heavy atom. The molecule has 5 nitrogen and oxygen atoms in total. The molecule has 2 aromatic rings. The molecule has 28 heavy (non-hydrogen) atoms. The van der Waals surface area contributed by atoms with Crippen molar-refractivity contribution in [1.29, 1.82) is 0 Å². The molecule has 0 fully saturated rings. The Balaban J connectivity index is 2.11. The number of unbranched alkanes of at least 4 members (excludes halogenated alkanes) is 4. The lowest BCUT2D eigenvalue weighted by Gasteiger charge is -2.14. The van der Waals surface area contributed by atoms with E-state index in [-0.39, 0.29) is 12.4 Å². The lowest BCUT2D eigenvalue weighted by atomic mass is 10.0. The summed E-state index contributed by atoms with van der Waals surface area (Å²) in [4.78, 5) is 23.6. The van der Waals surface area contributed by atoms with Gasteiger partial charge in [0, 0.05) is 5.33 Å². The Morgan fingerprint density at radius 2 is 1.68 bits per heavy atom. The van der Waals surface area contributed by atoms with Crippen LogP contribution in [-0.4, -0.2) is 37.4 Å². The molecule has 0 spiro atoms. The van der Waals surface area contributed by atoms with Gasteiger partial charge in [-0.25, -0.2) is 4.79 Å². The number of Topliss-reactive ketones (excluding diaryl/α,β-unsaturated/α-hetero) is 1. The minimum absolute atomic E-state index is 0.0666. The van der Waals surface area contributed by atoms with E-state index < -0.39 is 5.97 Å². The van der Waals surface area contributed by atoms with Gasteiger partial charge >= 0.3 is 5.97 Å². The van der Waals surface area contributed by atoms with Gasteiger partial charge in [0.25, 0.3) is 0 Å². The maximum Gasteiger partial charge on any atom is 0.343 e. The lowest BCUT2D eigenvalue weighted by Crippen LogP contribution is -2.12. The third kappa shape index (κ3) is 6.51. The molecular formula is C22H27BrO5. The molecule has 0 radical (unpaired) electrons. The van der Waals surface area contributed by atoms with Gasteiger partial charge < -0.3 is 14.2 Å². The number of fused-ring (bicyclic) bond motifs is 1. The van der Waals surface area contributed by atoms with E-state index in [1.807, 2.05) is 18.2 Å². The summed E-state index contributed by atoms with van der Waals surface area (Å²) in [5, 5.41) is 2.72. The summed E-state index contributed by atoms with van der Waals surface area (Å²) < 4.78 is 16.0. The van der Waals surface area contributed by atoms with Gasteiger partial charge in [-0.15, -0.1) is 0 Å². The topological polar surface area (TPSA) is 61.8 Å². The summed E-state index contributed by atoms with van der Waals surface area (Å²) in [6, 6.07) is 9.17. The van der Waals surface area contributed by atoms with E-state index in [4.69, 9.17) is 9.47 Å². The Labute approximate surface area is 174 Å². The predicted molar refractivity (Wildman–Crippen MR) is 114 cm³/mol. The summed E-state index contributed by atoms with van der Waals surface area (Å²) >= 11 is 3.44. The third-order valence-corrected chi connectivity index (χ3v) is 4.99. The maximum atomic E-state index is 12.3. The molecule has 2 rings (SSSR count). The Morgan fingerprint density at radius 1 is 0.964 bits per heavy atom. The van der Waals surface area contributed by atoms with Crippen LogP contribution in [0.15, 0.2) is 30.3 Å². The molecule has 0 unspecified atom stereocenters. The van der Waals surface area contributed by atoms with E-state index in [1.54, 1.807) is 12.1 Å². The molecule has 0 bridgehead atoms. The fraction of sp³-hybridized carbons (Fsp3) is 0.455. The molecule has 0 aliphatic carbocycles. The van der Waals surface area contributed by atoms with Crippen LogP contribution in [0.5, 0.6) is 11.5 Å². The van der Waals surface area contributed by atoms with Crippen molar-refractivity contribution in [1.82, 2.24) is 0 Å². The quantitative estimate of drug-likeness (QED) is 0.189. The molecule has 0 saturated heterocycles. The normalized spacial score (nSPS) is 10.7. The molecule has 0 amide bonds. The highest BCUT2D eigenvalue weighted by atomic mass is 79.9. The highest BCUT2D eigenvalue weighted by Gasteiger charge is 2.14. The second-order valence-electron chi connectivity index (χ2n) is 6.55. The van der Waals surface area contributed by atoms with Gasteiger partial charge in [0.2, 0.25) is 0 Å². The molecular weight excluding hydrogens is 424 g/mol. The molecule has 0 N–H and O–H groups in total. The number of hydrogen-bond donors (Lipinski definition) is 0. The zero-order chi connectivity index (χ0) is 20.4. The van der Waals surface area contributed by atoms with Gasteiger partial charge in [-0.3, -0.25) is 4.79 Å². The van der Waals surface area contributed by atoms with Crippen LogP contribution in [-0.2, 0) is 9.53 Å². The molecule has 2 aromatic carbocycles. The van der Waals surface area contributed by atoms with Crippen LogP contribution < -0.4 is 9.47 Å². The van der Waals surface area contributed by atoms with Crippen molar-refractivity contribution in [2.24, 2.45) is 0 Å². The van der Waals surface area contributed by atoms with Gasteiger partial charge in [0.15, 0.2) is 12.4 Å². The number of esters is 1. The first-order valence-electron chi connectivity index (χ1n) is 9.53. The number of carbonyl (C=O) groups is 2. The van der Waals surface area contributed by atoms with Gasteiger partial charge in [0.1, 0.15) is 11.5 Å². The molecule has 0 saturated carbocycles. The fourth-order valence-corrected chi connectivity index (χ4v) is 3.36. The van der Waals surface area contributed by atoms with Crippen LogP contribution in [0.2, 0.25) is 0 Å². The van der Waals surface area contributed by atoms with Crippen molar-refractivity contribution in [3.05, 3.63) is 35.9 Å². The van der Waals surface area contributed by atoms with Crippen molar-refractivity contribution in [3.8, 4) is 11.5 Å². The van der Waals surface area contributed by atoms with Crippen molar-refractivity contribution < 1.29 is 23.8 Å². The number of ketones is 1. The second kappa shape index (κ2) is 11.7. The summed E-state index contributed by atoms with van der Waals surface area (Å²) in [6.07, 6.45) is 5.67. The largest absolute Gasteiger partial charge is 0.493 e. The highest BCUT2D eigenvalue weighted by Crippen LogP contribution is 2.31. The zero-order valence-corrected chi connectivity index (χ0v) is 18.0. The maximum absolute atomic E-state index is 12.3. The van der Waals surface area contributed by atoms with E-state index in [9.17, 15) is 9.59 Å². The van der Waals surface area contributed by atoms with Gasteiger partial charge in [-0.05, 0) is 48.7 Å². The summed E-state index contributed by atoms with van der Waals surface area (Å²) in [7, 11) is 1.31. The van der Waals surface area contributed by atoms with Crippen LogP contribution in [0.3, 0.4) is 0 Å². The molecule has 152 valence electrons. The number of alkyl halides is 1. The summed E-state index contributed by atoms with van der Waals surface area (Å²) in [5.74, 6) is 0.568. The van der Waals surface area contributed by atoms with E-state index in [0.717, 1.165) is 28.9 Å². The summed E-state index contributed by atoms with van der Waals surface area (Å²) in [5.41, 5.74) is 0.542. The highest BCUT2D eigenvalue weighted by molar-refractivity contribution is 9.09. The first-order chi connectivity index (χ1) is 13.6. The van der Waals surface area contributed by atoms with Gasteiger partial charge in [-0.2, -0.15) is 0 Å². The first kappa shape index (κ1) is 22.2. The molecule has 0 aliphatic heterocycles. The fourth-order valence-electron chi connectivity index (χ4n) is 2.96. The van der Waals surface area contributed by atoms with E-state index in [1.165, 1.54) is 33.3 Å². The monoisotopic (exact) mass is 450 g/mol. The van der Waals surface area contributed by atoms with Gasteiger partial charge in [0.05, 0.1) is 19.3 Å². The Hall–Kier alpha value is -2.08. The zero-order valence-electron chi connectivity index (χ0n) is 16.5. The van der Waals surface area contributed by atoms with E-state index in [2.05, 4.69) is 20.7 Å². The second-order valence-corrected chi connectivity index (χ2v) is 7.34. The molecule has 6 heteroatoms. The number of carbonyl (C=O) groups excluding carboxylic acids is 2. The molecule has 0 aliphatic rings. The summed E-state index contributed by atoms with van der Waals surface area (Å²) in [6.45, 7) is 1.94. The van der Waals surface area contributed by atoms with E-state index >= 15 is 0 Å². The molecule has 0 atom stereocenters. The number of halogens is 1. The lowest BCUT2D eigenvalue weighted by molar-refractivity contribution is -0.142. The number of rotatable bonds is 12. The average molecular weight is 451 g/mol. The average Bonchev–Trinajstić information content (AvgIpc) is 2.70. The van der Waals surface area contributed by atoms with Crippen molar-refractivity contribution in [2.45, 2.75) is 39.0 Å². The minimum atomic E-state index is -0.458. The van der Waals surface area contributed by atoms with Crippen LogP contribution in [0.25, 0.3) is 10.8 Å². The van der Waals surface area contributed by atoms with Crippen molar-refractivity contribution in [3.63, 3.8) is 0 Å². The number of hydrogen-bond acceptors (Lipinski definition) is 5. The standard InChI is InChI=1S/C22H27BrO5/c1-16(24)22-19-14-18(28-15-21(25)26-2)10-8-17(19)9-11-20(22)27-13-7-5-3-4-6-12-23/h8-11,14H,3-7,12-13,15H2,1-2H3. The van der Waals surface area contributed by atoms with Crippen LogP contribution in [0, 0.1) is 0 Å². The Bertz CT molecular complexity index is 803. The van der Waals surface area contributed by atoms with Crippen LogP contribution in [0.4, 0.5) is 0 Å². The van der Waals surface area contributed by atoms with Crippen LogP contribution in [0.1, 0.15) is 49.4 Å². The van der Waals surface area contributed by atoms with E-state index in [0.29, 0.717) is 23.7 Å². The predicted octanol–water partition coefficient (Wildman–Crippen LogP) is 5.32. The number of ether oxygens (including phenoxy) is 3. The first-order valence-corrected chi connectivity index (χ1v) is 10.6. The van der Waals surface area contributed by atoms with Gasteiger partial charge in [-0.1, -0.05) is 47.3 Å². The number of methoxy groups -OCH3 is 1.